The van der Waals surface area contributed by atoms with Crippen LogP contribution in [0.25, 0.3) is 0 Å². The molecule has 2 rings (SSSR count). The molecule has 7 nitrogen and oxygen atoms in total. The van der Waals surface area contributed by atoms with Crippen molar-refractivity contribution < 1.29 is 19.2 Å². The lowest BCUT2D eigenvalue weighted by molar-refractivity contribution is -0.384. The normalized spacial score (nSPS) is 11.1. The van der Waals surface area contributed by atoms with Crippen LogP contribution >= 0.6 is 0 Å². The number of non-ortho nitro benzene ring substituents is 1. The Bertz CT molecular complexity index is 758. The highest BCUT2D eigenvalue weighted by Gasteiger charge is 2.06. The Morgan fingerprint density at radius 1 is 1.08 bits per heavy atom. The summed E-state index contributed by atoms with van der Waals surface area (Å²) in [5, 5.41) is 25.4. The number of hydrogen-bond donors (Lipinski definition) is 1. The molecular formula is C16H13FN3O4-. The molecule has 0 saturated carbocycles. The van der Waals surface area contributed by atoms with Crippen molar-refractivity contribution in [3.63, 3.8) is 0 Å². The van der Waals surface area contributed by atoms with Gasteiger partial charge in [-0.25, -0.2) is 4.39 Å². The third kappa shape index (κ3) is 4.87. The quantitative estimate of drug-likeness (QED) is 0.475. The van der Waals surface area contributed by atoms with Crippen molar-refractivity contribution in [1.29, 1.82) is 0 Å². The van der Waals surface area contributed by atoms with E-state index in [0.717, 1.165) is 0 Å². The van der Waals surface area contributed by atoms with Gasteiger partial charge in [0.2, 0.25) is 0 Å². The maximum atomic E-state index is 13.0. The molecule has 0 aliphatic carbocycles. The third-order valence-corrected chi connectivity index (χ3v) is 3.14. The number of rotatable bonds is 7. The van der Waals surface area contributed by atoms with Crippen LogP contribution in [0.15, 0.2) is 53.6 Å². The minimum absolute atomic E-state index is 0.0553. The SMILES string of the molecule is O=C([O-])CC/C(=N/Nc1ccc([N+](=O)[O-])cc1)c1ccc(F)cc1. The van der Waals surface area contributed by atoms with Gasteiger partial charge in [-0.3, -0.25) is 15.5 Å². The van der Waals surface area contributed by atoms with Crippen LogP contribution in [0.3, 0.4) is 0 Å². The maximum Gasteiger partial charge on any atom is 0.269 e. The summed E-state index contributed by atoms with van der Waals surface area (Å²) in [6, 6.07) is 11.0. The highest BCUT2D eigenvalue weighted by atomic mass is 19.1. The maximum absolute atomic E-state index is 13.0. The van der Waals surface area contributed by atoms with Crippen molar-refractivity contribution in [2.24, 2.45) is 5.10 Å². The number of carbonyl (C=O) groups is 1. The monoisotopic (exact) mass is 330 g/mol. The van der Waals surface area contributed by atoms with Crippen LogP contribution in [0.1, 0.15) is 18.4 Å². The number of hydrogen-bond acceptors (Lipinski definition) is 6. The standard InChI is InChI=1S/C16H14FN3O4/c17-12-3-1-11(2-4-12)15(9-10-16(21)22)19-18-13-5-7-14(8-6-13)20(23)24/h1-8,18H,9-10H2,(H,21,22)/p-1/b19-15-. The van der Waals surface area contributed by atoms with Gasteiger partial charge in [0, 0.05) is 18.1 Å². The van der Waals surface area contributed by atoms with E-state index in [0.29, 0.717) is 17.0 Å². The van der Waals surface area contributed by atoms with E-state index in [1.54, 1.807) is 0 Å². The van der Waals surface area contributed by atoms with Crippen molar-refractivity contribution in [3.05, 3.63) is 70.0 Å². The molecular weight excluding hydrogens is 317 g/mol. The summed E-state index contributed by atoms with van der Waals surface area (Å²) in [7, 11) is 0. The minimum atomic E-state index is -1.22. The average Bonchev–Trinajstić information content (AvgIpc) is 2.56. The average molecular weight is 330 g/mol. The lowest BCUT2D eigenvalue weighted by Crippen LogP contribution is -2.23. The molecule has 0 amide bonds. The van der Waals surface area contributed by atoms with Crippen LogP contribution in [0.4, 0.5) is 15.8 Å². The van der Waals surface area contributed by atoms with E-state index in [9.17, 15) is 24.4 Å². The van der Waals surface area contributed by atoms with Crippen LogP contribution in [0.2, 0.25) is 0 Å². The van der Waals surface area contributed by atoms with Crippen LogP contribution in [-0.4, -0.2) is 16.6 Å². The van der Waals surface area contributed by atoms with Crippen molar-refractivity contribution >= 4 is 23.1 Å². The molecule has 0 fully saturated rings. The van der Waals surface area contributed by atoms with E-state index in [1.165, 1.54) is 48.5 Å². The fourth-order valence-corrected chi connectivity index (χ4v) is 1.92. The van der Waals surface area contributed by atoms with E-state index in [1.807, 2.05) is 0 Å². The first-order valence-electron chi connectivity index (χ1n) is 6.98. The Morgan fingerprint density at radius 2 is 1.71 bits per heavy atom. The number of nitro benzene ring substituents is 1. The zero-order chi connectivity index (χ0) is 17.5. The molecule has 0 atom stereocenters. The molecule has 2 aromatic rings. The van der Waals surface area contributed by atoms with Gasteiger partial charge in [-0.05, 0) is 42.7 Å². The Morgan fingerprint density at radius 3 is 2.25 bits per heavy atom. The minimum Gasteiger partial charge on any atom is -0.550 e. The van der Waals surface area contributed by atoms with E-state index in [-0.39, 0.29) is 18.5 Å². The summed E-state index contributed by atoms with van der Waals surface area (Å²) in [6.45, 7) is 0. The molecule has 8 heteroatoms. The Labute approximate surface area is 136 Å². The first kappa shape index (κ1) is 17.1. The van der Waals surface area contributed by atoms with Gasteiger partial charge in [0.05, 0.1) is 16.3 Å². The highest BCUT2D eigenvalue weighted by molar-refractivity contribution is 6.02. The molecule has 24 heavy (non-hydrogen) atoms. The summed E-state index contributed by atoms with van der Waals surface area (Å²) < 4.78 is 13.0. The van der Waals surface area contributed by atoms with Gasteiger partial charge in [-0.15, -0.1) is 0 Å². The molecule has 0 radical (unpaired) electrons. The molecule has 0 bridgehead atoms. The van der Waals surface area contributed by atoms with Crippen LogP contribution in [0.5, 0.6) is 0 Å². The topological polar surface area (TPSA) is 108 Å². The van der Waals surface area contributed by atoms with Gasteiger partial charge >= 0.3 is 0 Å². The lowest BCUT2D eigenvalue weighted by Gasteiger charge is -2.09. The van der Waals surface area contributed by atoms with Crippen molar-refractivity contribution in [2.45, 2.75) is 12.8 Å². The van der Waals surface area contributed by atoms with Gasteiger partial charge in [0.1, 0.15) is 5.82 Å². The summed E-state index contributed by atoms with van der Waals surface area (Å²) >= 11 is 0. The molecule has 0 aliphatic rings. The molecule has 0 saturated heterocycles. The molecule has 1 N–H and O–H groups in total. The number of carboxylic acid groups (broad SMARTS) is 1. The number of benzene rings is 2. The zero-order valence-corrected chi connectivity index (χ0v) is 12.4. The first-order chi connectivity index (χ1) is 11.5. The van der Waals surface area contributed by atoms with E-state index in [4.69, 9.17) is 0 Å². The number of nitro groups is 1. The smallest absolute Gasteiger partial charge is 0.269 e. The largest absolute Gasteiger partial charge is 0.550 e. The van der Waals surface area contributed by atoms with Crippen molar-refractivity contribution in [2.75, 3.05) is 5.43 Å². The number of aliphatic carboxylic acids is 1. The number of nitrogens with one attached hydrogen (secondary N) is 1. The van der Waals surface area contributed by atoms with E-state index >= 15 is 0 Å². The second-order valence-electron chi connectivity index (χ2n) is 4.85. The third-order valence-electron chi connectivity index (χ3n) is 3.14. The summed E-state index contributed by atoms with van der Waals surface area (Å²) in [5.74, 6) is -1.64. The molecule has 0 heterocycles. The molecule has 0 aliphatic heterocycles. The molecule has 0 aromatic heterocycles. The van der Waals surface area contributed by atoms with Crippen molar-refractivity contribution in [1.82, 2.24) is 0 Å². The van der Waals surface area contributed by atoms with E-state index in [2.05, 4.69) is 10.5 Å². The molecule has 0 spiro atoms. The number of hydrazone groups is 1. The fourth-order valence-electron chi connectivity index (χ4n) is 1.92. The Balaban J connectivity index is 2.18. The van der Waals surface area contributed by atoms with Gasteiger partial charge < -0.3 is 9.90 Å². The Kier molecular flexibility index (Phi) is 5.56. The first-order valence-corrected chi connectivity index (χ1v) is 6.98. The van der Waals surface area contributed by atoms with Crippen LogP contribution < -0.4 is 10.5 Å². The van der Waals surface area contributed by atoms with Gasteiger partial charge in [-0.2, -0.15) is 5.10 Å². The lowest BCUT2D eigenvalue weighted by atomic mass is 10.1. The predicted molar refractivity (Wildman–Crippen MR) is 83.9 cm³/mol. The fraction of sp³-hybridized carbons (Fsp3) is 0.125. The number of carboxylic acids is 1. The summed E-state index contributed by atoms with van der Waals surface area (Å²) in [6.07, 6.45) is -0.147. The Hall–Kier alpha value is -3.29. The summed E-state index contributed by atoms with van der Waals surface area (Å²) in [5.41, 5.74) is 4.11. The second-order valence-corrected chi connectivity index (χ2v) is 4.85. The second kappa shape index (κ2) is 7.82. The van der Waals surface area contributed by atoms with Gasteiger partial charge in [-0.1, -0.05) is 12.1 Å². The van der Waals surface area contributed by atoms with Crippen molar-refractivity contribution in [3.8, 4) is 0 Å². The molecule has 0 unspecified atom stereocenters. The molecule has 2 aromatic carbocycles. The van der Waals surface area contributed by atoms with Crippen LogP contribution in [-0.2, 0) is 4.79 Å². The van der Waals surface area contributed by atoms with Crippen LogP contribution in [0, 0.1) is 15.9 Å². The number of carbonyl (C=O) groups excluding carboxylic acids is 1. The van der Waals surface area contributed by atoms with Gasteiger partial charge in [0.15, 0.2) is 0 Å². The number of nitrogens with zero attached hydrogens (tertiary/aromatic N) is 2. The zero-order valence-electron chi connectivity index (χ0n) is 12.4. The molecule has 124 valence electrons. The number of halogens is 1. The predicted octanol–water partition coefficient (Wildman–Crippen LogP) is 2.08. The highest BCUT2D eigenvalue weighted by Crippen LogP contribution is 2.16. The van der Waals surface area contributed by atoms with Gasteiger partial charge in [0.25, 0.3) is 5.69 Å². The van der Waals surface area contributed by atoms with E-state index < -0.39 is 16.7 Å². The number of anilines is 1. The summed E-state index contributed by atoms with van der Waals surface area (Å²) in [4.78, 5) is 20.7.